The number of nitrogens with one attached hydrogen (secondary N) is 2. The number of hydrogen-bond acceptors (Lipinski definition) is 1. The molecule has 1 aromatic rings. The van der Waals surface area contributed by atoms with E-state index in [2.05, 4.69) is 34.9 Å². The maximum absolute atomic E-state index is 5.30. The van der Waals surface area contributed by atoms with Crippen molar-refractivity contribution in [3.8, 4) is 0 Å². The van der Waals surface area contributed by atoms with Gasteiger partial charge in [0.2, 0.25) is 0 Å². The van der Waals surface area contributed by atoms with Crippen LogP contribution in [0.2, 0.25) is 0 Å². The predicted octanol–water partition coefficient (Wildman–Crippen LogP) is 3.62. The standard InChI is InChI=1S/C16H24N2S/c19-16(18-13-15-9-5-2-6-10-15)17-12-11-14-7-3-1-4-8-14/h2,5-6,9-10,14H,1,3-4,7-8,11-13H2,(H2,17,18,19). The van der Waals surface area contributed by atoms with Crippen LogP contribution in [0.15, 0.2) is 30.3 Å². The van der Waals surface area contributed by atoms with Crippen LogP contribution in [0.3, 0.4) is 0 Å². The molecule has 0 aromatic heterocycles. The SMILES string of the molecule is S=C(NCCC1CCCCC1)NCc1ccccc1. The quantitative estimate of drug-likeness (QED) is 0.803. The fourth-order valence-electron chi connectivity index (χ4n) is 2.71. The van der Waals surface area contributed by atoms with Gasteiger partial charge in [-0.15, -0.1) is 0 Å². The third kappa shape index (κ3) is 5.60. The van der Waals surface area contributed by atoms with Crippen LogP contribution in [0, 0.1) is 5.92 Å². The van der Waals surface area contributed by atoms with E-state index in [0.717, 1.165) is 24.1 Å². The topological polar surface area (TPSA) is 24.1 Å². The second kappa shape index (κ2) is 8.16. The summed E-state index contributed by atoms with van der Waals surface area (Å²) in [5.74, 6) is 0.915. The van der Waals surface area contributed by atoms with Gasteiger partial charge < -0.3 is 10.6 Å². The van der Waals surface area contributed by atoms with E-state index in [1.807, 2.05) is 6.07 Å². The van der Waals surface area contributed by atoms with Gasteiger partial charge in [-0.2, -0.15) is 0 Å². The van der Waals surface area contributed by atoms with E-state index >= 15 is 0 Å². The second-order valence-electron chi connectivity index (χ2n) is 5.39. The lowest BCUT2D eigenvalue weighted by Gasteiger charge is -2.21. The molecule has 0 unspecified atom stereocenters. The van der Waals surface area contributed by atoms with Crippen LogP contribution in [-0.4, -0.2) is 11.7 Å². The van der Waals surface area contributed by atoms with Gasteiger partial charge in [-0.05, 0) is 30.1 Å². The highest BCUT2D eigenvalue weighted by Crippen LogP contribution is 2.25. The molecule has 0 radical (unpaired) electrons. The van der Waals surface area contributed by atoms with Gasteiger partial charge >= 0.3 is 0 Å². The molecule has 1 aliphatic rings. The maximum atomic E-state index is 5.30. The van der Waals surface area contributed by atoms with E-state index in [0.29, 0.717) is 0 Å². The summed E-state index contributed by atoms with van der Waals surface area (Å²) < 4.78 is 0. The Morgan fingerprint density at radius 3 is 2.53 bits per heavy atom. The molecule has 2 nitrogen and oxygen atoms in total. The Balaban J connectivity index is 1.57. The summed E-state index contributed by atoms with van der Waals surface area (Å²) in [6.07, 6.45) is 8.34. The Morgan fingerprint density at radius 2 is 1.79 bits per heavy atom. The third-order valence-electron chi connectivity index (χ3n) is 3.86. The summed E-state index contributed by atoms with van der Waals surface area (Å²) in [7, 11) is 0. The monoisotopic (exact) mass is 276 g/mol. The van der Waals surface area contributed by atoms with Crippen LogP contribution in [0.5, 0.6) is 0 Å². The lowest BCUT2D eigenvalue weighted by atomic mass is 9.87. The first-order valence-corrected chi connectivity index (χ1v) is 7.81. The molecule has 0 saturated heterocycles. The van der Waals surface area contributed by atoms with Crippen molar-refractivity contribution in [1.29, 1.82) is 0 Å². The zero-order valence-electron chi connectivity index (χ0n) is 11.5. The Morgan fingerprint density at radius 1 is 1.05 bits per heavy atom. The molecule has 19 heavy (non-hydrogen) atoms. The van der Waals surface area contributed by atoms with Crippen molar-refractivity contribution in [2.45, 2.75) is 45.1 Å². The highest BCUT2D eigenvalue weighted by atomic mass is 32.1. The molecule has 2 N–H and O–H groups in total. The normalized spacial score (nSPS) is 16.0. The smallest absolute Gasteiger partial charge is 0.166 e. The summed E-state index contributed by atoms with van der Waals surface area (Å²) in [4.78, 5) is 0. The van der Waals surface area contributed by atoms with E-state index in [4.69, 9.17) is 12.2 Å². The van der Waals surface area contributed by atoms with Gasteiger partial charge in [-0.3, -0.25) is 0 Å². The molecule has 3 heteroatoms. The van der Waals surface area contributed by atoms with Crippen LogP contribution < -0.4 is 10.6 Å². The fraction of sp³-hybridized carbons (Fsp3) is 0.562. The Labute approximate surface area is 122 Å². The third-order valence-corrected chi connectivity index (χ3v) is 4.15. The first kappa shape index (κ1) is 14.3. The Hall–Kier alpha value is -1.09. The summed E-state index contributed by atoms with van der Waals surface area (Å²) in [5.41, 5.74) is 1.26. The molecule has 104 valence electrons. The largest absolute Gasteiger partial charge is 0.363 e. The number of thiocarbonyl (C=S) groups is 1. The van der Waals surface area contributed by atoms with E-state index in [-0.39, 0.29) is 0 Å². The van der Waals surface area contributed by atoms with Crippen molar-refractivity contribution < 1.29 is 0 Å². The molecule has 0 spiro atoms. The molecular formula is C16H24N2S. The lowest BCUT2D eigenvalue weighted by molar-refractivity contribution is 0.339. The Bertz CT molecular complexity index is 372. The molecule has 1 aromatic carbocycles. The van der Waals surface area contributed by atoms with Crippen molar-refractivity contribution in [3.63, 3.8) is 0 Å². The minimum Gasteiger partial charge on any atom is -0.363 e. The molecule has 0 heterocycles. The first-order valence-electron chi connectivity index (χ1n) is 7.40. The highest BCUT2D eigenvalue weighted by molar-refractivity contribution is 7.80. The van der Waals surface area contributed by atoms with E-state index in [1.54, 1.807) is 0 Å². The van der Waals surface area contributed by atoms with Gasteiger partial charge in [0.25, 0.3) is 0 Å². The van der Waals surface area contributed by atoms with Crippen molar-refractivity contribution in [2.24, 2.45) is 5.92 Å². The summed E-state index contributed by atoms with van der Waals surface area (Å²) >= 11 is 5.30. The van der Waals surface area contributed by atoms with E-state index in [1.165, 1.54) is 44.1 Å². The van der Waals surface area contributed by atoms with Gasteiger partial charge in [0, 0.05) is 13.1 Å². The summed E-state index contributed by atoms with van der Waals surface area (Å²) in [6.45, 7) is 1.81. The average Bonchev–Trinajstić information content (AvgIpc) is 2.47. The maximum Gasteiger partial charge on any atom is 0.166 e. The van der Waals surface area contributed by atoms with Crippen molar-refractivity contribution >= 4 is 17.3 Å². The van der Waals surface area contributed by atoms with Gasteiger partial charge in [0.05, 0.1) is 0 Å². The minimum atomic E-state index is 0.777. The van der Waals surface area contributed by atoms with Crippen LogP contribution in [0.4, 0.5) is 0 Å². The van der Waals surface area contributed by atoms with Gasteiger partial charge in [0.1, 0.15) is 0 Å². The van der Waals surface area contributed by atoms with Crippen molar-refractivity contribution in [2.75, 3.05) is 6.54 Å². The molecule has 0 amide bonds. The summed E-state index contributed by atoms with van der Waals surface area (Å²) in [5, 5.41) is 7.35. The number of rotatable bonds is 5. The first-order chi connectivity index (χ1) is 9.34. The van der Waals surface area contributed by atoms with Crippen molar-refractivity contribution in [3.05, 3.63) is 35.9 Å². The van der Waals surface area contributed by atoms with Crippen LogP contribution in [-0.2, 0) is 6.54 Å². The van der Waals surface area contributed by atoms with Crippen LogP contribution in [0.1, 0.15) is 44.1 Å². The molecular weight excluding hydrogens is 252 g/mol. The number of benzene rings is 1. The molecule has 1 fully saturated rings. The Kier molecular flexibility index (Phi) is 6.15. The molecule has 0 bridgehead atoms. The average molecular weight is 276 g/mol. The van der Waals surface area contributed by atoms with E-state index in [9.17, 15) is 0 Å². The predicted molar refractivity (Wildman–Crippen MR) is 85.1 cm³/mol. The lowest BCUT2D eigenvalue weighted by Crippen LogP contribution is -2.36. The summed E-state index contributed by atoms with van der Waals surface area (Å²) in [6, 6.07) is 10.4. The number of hydrogen-bond donors (Lipinski definition) is 2. The van der Waals surface area contributed by atoms with Crippen molar-refractivity contribution in [1.82, 2.24) is 10.6 Å². The fourth-order valence-corrected chi connectivity index (χ4v) is 2.88. The van der Waals surface area contributed by atoms with Crippen LogP contribution in [0.25, 0.3) is 0 Å². The molecule has 1 aliphatic carbocycles. The molecule has 0 atom stereocenters. The van der Waals surface area contributed by atoms with Crippen LogP contribution >= 0.6 is 12.2 Å². The zero-order chi connectivity index (χ0) is 13.3. The second-order valence-corrected chi connectivity index (χ2v) is 5.80. The van der Waals surface area contributed by atoms with Gasteiger partial charge in [0.15, 0.2) is 5.11 Å². The highest BCUT2D eigenvalue weighted by Gasteiger charge is 2.12. The molecule has 2 rings (SSSR count). The zero-order valence-corrected chi connectivity index (χ0v) is 12.3. The van der Waals surface area contributed by atoms with Gasteiger partial charge in [-0.1, -0.05) is 62.4 Å². The van der Waals surface area contributed by atoms with Gasteiger partial charge in [-0.25, -0.2) is 0 Å². The molecule has 1 saturated carbocycles. The molecule has 0 aliphatic heterocycles. The minimum absolute atomic E-state index is 0.777. The van der Waals surface area contributed by atoms with E-state index < -0.39 is 0 Å².